The third kappa shape index (κ3) is 20.8. The second-order valence-corrected chi connectivity index (χ2v) is 4.16. The van der Waals surface area contributed by atoms with Crippen molar-refractivity contribution in [1.29, 1.82) is 0 Å². The Morgan fingerprint density at radius 1 is 0.944 bits per heavy atom. The molecular formula is C7H15Na3O6P2. The Hall–Kier alpha value is 2.52. The zero-order valence-corrected chi connectivity index (χ0v) is 9.66. The Labute approximate surface area is 173 Å². The van der Waals surface area contributed by atoms with Crippen LogP contribution in [0.15, 0.2) is 30.3 Å². The molecule has 2 unspecified atom stereocenters. The Morgan fingerprint density at radius 2 is 1.33 bits per heavy atom. The third-order valence-corrected chi connectivity index (χ3v) is 2.60. The summed E-state index contributed by atoms with van der Waals surface area (Å²) in [5, 5.41) is 8.54. The summed E-state index contributed by atoms with van der Waals surface area (Å²) in [5.41, 5.74) is 0.965. The van der Waals surface area contributed by atoms with Gasteiger partial charge in [-0.3, -0.25) is 9.13 Å². The molecule has 6 nitrogen and oxygen atoms in total. The van der Waals surface area contributed by atoms with Gasteiger partial charge in [0.1, 0.15) is 0 Å². The standard InChI is InChI=1S/C7H8O.3Na.H4O5P2.3H/c8-6-7-4-2-1-3-5-7;;;;1-6(2)5-7(3)4;;;/h1-5,8H,6H2;;;;6-7H,(H,1,2)(H,3,4);;;. The van der Waals surface area contributed by atoms with E-state index in [1.807, 2.05) is 30.3 Å². The van der Waals surface area contributed by atoms with Gasteiger partial charge in [-0.25, -0.2) is 4.31 Å². The van der Waals surface area contributed by atoms with Crippen molar-refractivity contribution in [1.82, 2.24) is 0 Å². The maximum absolute atomic E-state index is 9.44. The van der Waals surface area contributed by atoms with Crippen LogP contribution in [-0.2, 0) is 20.0 Å². The first-order valence-corrected chi connectivity index (χ1v) is 6.37. The van der Waals surface area contributed by atoms with Crippen molar-refractivity contribution in [3.05, 3.63) is 35.9 Å². The van der Waals surface area contributed by atoms with E-state index in [2.05, 4.69) is 4.31 Å². The van der Waals surface area contributed by atoms with E-state index in [0.29, 0.717) is 0 Å². The van der Waals surface area contributed by atoms with E-state index >= 15 is 0 Å². The van der Waals surface area contributed by atoms with Crippen molar-refractivity contribution in [3.63, 3.8) is 0 Å². The van der Waals surface area contributed by atoms with Crippen LogP contribution in [0, 0.1) is 0 Å². The van der Waals surface area contributed by atoms with Gasteiger partial charge in [0.15, 0.2) is 0 Å². The number of rotatable bonds is 3. The molecule has 0 fully saturated rings. The minimum atomic E-state index is -3.20. The Bertz CT molecular complexity index is 314. The number of benzene rings is 1. The number of hydrogen-bond donors (Lipinski definition) is 3. The molecule has 0 radical (unpaired) electrons. The molecule has 0 bridgehead atoms. The quantitative estimate of drug-likeness (QED) is 0.486. The van der Waals surface area contributed by atoms with Crippen molar-refractivity contribution in [3.8, 4) is 0 Å². The molecule has 0 saturated carbocycles. The average Bonchev–Trinajstić information content (AvgIpc) is 2.18. The predicted octanol–water partition coefficient (Wildman–Crippen LogP) is -1.000. The Kier molecular flexibility index (Phi) is 31.1. The molecular weight excluding hydrogens is 311 g/mol. The molecule has 0 aliphatic carbocycles. The van der Waals surface area contributed by atoms with Crippen LogP contribution in [-0.4, -0.2) is 104 Å². The zero-order chi connectivity index (χ0) is 11.7. The number of aliphatic hydroxyl groups excluding tert-OH is 1. The van der Waals surface area contributed by atoms with E-state index in [1.165, 1.54) is 0 Å². The molecule has 1 rings (SSSR count). The van der Waals surface area contributed by atoms with Gasteiger partial charge in [0.2, 0.25) is 0 Å². The van der Waals surface area contributed by atoms with E-state index in [0.717, 1.165) is 5.56 Å². The van der Waals surface area contributed by atoms with Crippen molar-refractivity contribution in [2.24, 2.45) is 0 Å². The SMILES string of the molecule is O=[PH](O)O[PH](=O)O.OCc1ccccc1.[NaH].[NaH].[NaH]. The van der Waals surface area contributed by atoms with Crippen LogP contribution in [0.4, 0.5) is 0 Å². The molecule has 0 heterocycles. The average molecular weight is 326 g/mol. The fraction of sp³-hybridized carbons (Fsp3) is 0.143. The van der Waals surface area contributed by atoms with Crippen LogP contribution in [0.25, 0.3) is 0 Å². The molecule has 3 N–H and O–H groups in total. The fourth-order valence-corrected chi connectivity index (χ4v) is 1.26. The summed E-state index contributed by atoms with van der Waals surface area (Å²) in [6.07, 6.45) is 0. The van der Waals surface area contributed by atoms with Crippen molar-refractivity contribution < 1.29 is 28.3 Å². The molecule has 1 aromatic rings. The van der Waals surface area contributed by atoms with E-state index in [1.54, 1.807) is 0 Å². The minimum absolute atomic E-state index is 0. The number of aliphatic hydroxyl groups is 1. The van der Waals surface area contributed by atoms with Gasteiger partial charge in [0.25, 0.3) is 0 Å². The summed E-state index contributed by atoms with van der Waals surface area (Å²) >= 11 is 0. The summed E-state index contributed by atoms with van der Waals surface area (Å²) in [7, 11) is -6.40. The third-order valence-electron chi connectivity index (χ3n) is 1.20. The maximum atomic E-state index is 9.44. The molecule has 0 spiro atoms. The van der Waals surface area contributed by atoms with Crippen LogP contribution < -0.4 is 0 Å². The van der Waals surface area contributed by atoms with Crippen molar-refractivity contribution >= 4 is 105 Å². The Morgan fingerprint density at radius 3 is 1.50 bits per heavy atom. The molecule has 1 aromatic carbocycles. The molecule has 0 aromatic heterocycles. The zero-order valence-electron chi connectivity index (χ0n) is 7.66. The van der Waals surface area contributed by atoms with Gasteiger partial charge in [-0.2, -0.15) is 0 Å². The van der Waals surface area contributed by atoms with Crippen LogP contribution in [0.2, 0.25) is 0 Å². The summed E-state index contributed by atoms with van der Waals surface area (Å²) < 4.78 is 22.3. The second-order valence-electron chi connectivity index (χ2n) is 2.28. The number of hydrogen-bond acceptors (Lipinski definition) is 4. The first kappa shape index (κ1) is 28.6. The van der Waals surface area contributed by atoms with Gasteiger partial charge < -0.3 is 14.9 Å². The molecule has 18 heavy (non-hydrogen) atoms. The fourth-order valence-electron chi connectivity index (χ4n) is 0.658. The van der Waals surface area contributed by atoms with Gasteiger partial charge in [-0.1, -0.05) is 30.3 Å². The van der Waals surface area contributed by atoms with Gasteiger partial charge in [0, 0.05) is 0 Å². The van der Waals surface area contributed by atoms with Crippen LogP contribution >= 0.6 is 16.5 Å². The van der Waals surface area contributed by atoms with Gasteiger partial charge in [-0.05, 0) is 5.56 Å². The second kappa shape index (κ2) is 19.5. The first-order chi connectivity index (χ1) is 7.06. The van der Waals surface area contributed by atoms with Crippen LogP contribution in [0.1, 0.15) is 5.56 Å². The molecule has 2 atom stereocenters. The molecule has 0 saturated heterocycles. The Balaban J connectivity index is -0.0000000942. The van der Waals surface area contributed by atoms with Crippen LogP contribution in [0.3, 0.4) is 0 Å². The summed E-state index contributed by atoms with van der Waals surface area (Å²) in [6.45, 7) is 0.140. The predicted molar refractivity (Wildman–Crippen MR) is 77.3 cm³/mol. The van der Waals surface area contributed by atoms with Crippen molar-refractivity contribution in [2.75, 3.05) is 0 Å². The van der Waals surface area contributed by atoms with E-state index in [-0.39, 0.29) is 95.3 Å². The normalized spacial score (nSPS) is 11.3. The van der Waals surface area contributed by atoms with E-state index in [4.69, 9.17) is 14.9 Å². The molecule has 92 valence electrons. The van der Waals surface area contributed by atoms with Crippen molar-refractivity contribution in [2.45, 2.75) is 6.61 Å². The first-order valence-electron chi connectivity index (χ1n) is 3.84. The topological polar surface area (TPSA) is 104 Å². The van der Waals surface area contributed by atoms with Gasteiger partial charge in [-0.15, -0.1) is 0 Å². The molecule has 11 heteroatoms. The molecule has 0 aliphatic rings. The summed E-state index contributed by atoms with van der Waals surface area (Å²) in [4.78, 5) is 15.4. The van der Waals surface area contributed by atoms with Gasteiger partial charge >= 0.3 is 105 Å². The summed E-state index contributed by atoms with van der Waals surface area (Å²) in [5.74, 6) is 0. The summed E-state index contributed by atoms with van der Waals surface area (Å²) in [6, 6.07) is 9.52. The van der Waals surface area contributed by atoms with Gasteiger partial charge in [0.05, 0.1) is 6.61 Å². The molecule has 0 aliphatic heterocycles. The molecule has 0 amide bonds. The monoisotopic (exact) mass is 326 g/mol. The van der Waals surface area contributed by atoms with Crippen LogP contribution in [0.5, 0.6) is 0 Å². The van der Waals surface area contributed by atoms with E-state index in [9.17, 15) is 9.13 Å². The van der Waals surface area contributed by atoms with E-state index < -0.39 is 16.5 Å².